The maximum Gasteiger partial charge on any atom is 0.320 e. The molecule has 0 saturated carbocycles. The van der Waals surface area contributed by atoms with E-state index < -0.39 is 23.7 Å². The molecule has 5 nitrogen and oxygen atoms in total. The van der Waals surface area contributed by atoms with Gasteiger partial charge in [0.2, 0.25) is 5.91 Å². The van der Waals surface area contributed by atoms with Gasteiger partial charge in [-0.3, -0.25) is 14.9 Å². The number of nitrogens with one attached hydrogen (secondary N) is 2. The SMILES string of the molecule is CCCC(NCC(=O)Nc1ccc(Cl)cc1F)C(=O)O. The Bertz CT molecular complexity index is 497. The molecule has 3 N–H and O–H groups in total. The second kappa shape index (κ2) is 7.81. The third-order valence-corrected chi connectivity index (χ3v) is 2.82. The van der Waals surface area contributed by atoms with Crippen LogP contribution < -0.4 is 10.6 Å². The Kier molecular flexibility index (Phi) is 6.41. The highest BCUT2D eigenvalue weighted by molar-refractivity contribution is 6.30. The van der Waals surface area contributed by atoms with Gasteiger partial charge in [-0.1, -0.05) is 24.9 Å². The molecule has 0 aliphatic carbocycles. The first-order valence-corrected chi connectivity index (χ1v) is 6.53. The van der Waals surface area contributed by atoms with E-state index in [2.05, 4.69) is 10.6 Å². The van der Waals surface area contributed by atoms with Gasteiger partial charge in [-0.2, -0.15) is 0 Å². The van der Waals surface area contributed by atoms with E-state index in [9.17, 15) is 14.0 Å². The van der Waals surface area contributed by atoms with E-state index >= 15 is 0 Å². The highest BCUT2D eigenvalue weighted by atomic mass is 35.5. The van der Waals surface area contributed by atoms with Gasteiger partial charge in [0.1, 0.15) is 11.9 Å². The van der Waals surface area contributed by atoms with Crippen molar-refractivity contribution in [2.24, 2.45) is 0 Å². The molecule has 20 heavy (non-hydrogen) atoms. The molecular weight excluding hydrogens is 287 g/mol. The van der Waals surface area contributed by atoms with E-state index in [1.807, 2.05) is 6.92 Å². The predicted molar refractivity (Wildman–Crippen MR) is 74.4 cm³/mol. The van der Waals surface area contributed by atoms with Crippen LogP contribution in [0.5, 0.6) is 0 Å². The highest BCUT2D eigenvalue weighted by Crippen LogP contribution is 2.18. The van der Waals surface area contributed by atoms with Crippen LogP contribution in [0.1, 0.15) is 19.8 Å². The lowest BCUT2D eigenvalue weighted by molar-refractivity contribution is -0.139. The molecule has 7 heteroatoms. The quantitative estimate of drug-likeness (QED) is 0.722. The fraction of sp³-hybridized carbons (Fsp3) is 0.385. The van der Waals surface area contributed by atoms with Gasteiger partial charge in [0.05, 0.1) is 12.2 Å². The number of carboxylic acid groups (broad SMARTS) is 1. The van der Waals surface area contributed by atoms with Crippen LogP contribution in [0, 0.1) is 5.82 Å². The van der Waals surface area contributed by atoms with E-state index in [4.69, 9.17) is 16.7 Å². The normalized spacial score (nSPS) is 11.9. The lowest BCUT2D eigenvalue weighted by atomic mass is 10.2. The van der Waals surface area contributed by atoms with Crippen molar-refractivity contribution in [2.45, 2.75) is 25.8 Å². The minimum absolute atomic E-state index is 0.00330. The molecule has 0 radical (unpaired) electrons. The molecule has 0 spiro atoms. The number of carbonyl (C=O) groups excluding carboxylic acids is 1. The Hall–Kier alpha value is -1.66. The number of amides is 1. The van der Waals surface area contributed by atoms with E-state index in [1.165, 1.54) is 12.1 Å². The van der Waals surface area contributed by atoms with E-state index in [0.29, 0.717) is 12.8 Å². The summed E-state index contributed by atoms with van der Waals surface area (Å²) in [4.78, 5) is 22.5. The first-order valence-electron chi connectivity index (χ1n) is 6.15. The molecule has 110 valence electrons. The Morgan fingerprint density at radius 1 is 1.45 bits per heavy atom. The van der Waals surface area contributed by atoms with Crippen molar-refractivity contribution < 1.29 is 19.1 Å². The van der Waals surface area contributed by atoms with Crippen LogP contribution in [0.2, 0.25) is 5.02 Å². The monoisotopic (exact) mass is 302 g/mol. The van der Waals surface area contributed by atoms with Gasteiger partial charge < -0.3 is 10.4 Å². The van der Waals surface area contributed by atoms with Gasteiger partial charge in [-0.05, 0) is 24.6 Å². The summed E-state index contributed by atoms with van der Waals surface area (Å²) in [6.07, 6.45) is 1.09. The Balaban J connectivity index is 2.53. The van der Waals surface area contributed by atoms with Gasteiger partial charge in [0.15, 0.2) is 0 Å². The molecule has 0 fully saturated rings. The summed E-state index contributed by atoms with van der Waals surface area (Å²) in [5, 5.41) is 14.1. The molecule has 0 aliphatic heterocycles. The largest absolute Gasteiger partial charge is 0.480 e. The molecule has 1 rings (SSSR count). The number of rotatable bonds is 7. The minimum Gasteiger partial charge on any atom is -0.480 e. The summed E-state index contributed by atoms with van der Waals surface area (Å²) < 4.78 is 13.4. The average molecular weight is 303 g/mol. The number of hydrogen-bond donors (Lipinski definition) is 3. The summed E-state index contributed by atoms with van der Waals surface area (Å²) in [6.45, 7) is 1.64. The zero-order chi connectivity index (χ0) is 15.1. The molecule has 1 aromatic rings. The van der Waals surface area contributed by atoms with Crippen LogP contribution in [-0.2, 0) is 9.59 Å². The van der Waals surface area contributed by atoms with Crippen molar-refractivity contribution in [1.82, 2.24) is 5.32 Å². The van der Waals surface area contributed by atoms with Crippen molar-refractivity contribution in [3.05, 3.63) is 29.0 Å². The van der Waals surface area contributed by atoms with Crippen molar-refractivity contribution in [3.63, 3.8) is 0 Å². The minimum atomic E-state index is -1.02. The van der Waals surface area contributed by atoms with Crippen LogP contribution in [0.3, 0.4) is 0 Å². The number of carbonyl (C=O) groups is 2. The zero-order valence-electron chi connectivity index (χ0n) is 11.0. The van der Waals surface area contributed by atoms with Gasteiger partial charge in [-0.15, -0.1) is 0 Å². The second-order valence-corrected chi connectivity index (χ2v) is 4.67. The summed E-state index contributed by atoms with van der Waals surface area (Å²) >= 11 is 5.60. The molecular formula is C13H16ClFN2O3. The first-order chi connectivity index (χ1) is 9.43. The fourth-order valence-electron chi connectivity index (χ4n) is 1.60. The Morgan fingerprint density at radius 3 is 2.70 bits per heavy atom. The molecule has 0 aromatic heterocycles. The lowest BCUT2D eigenvalue weighted by Gasteiger charge is -2.13. The summed E-state index contributed by atoms with van der Waals surface area (Å²) in [6, 6.07) is 3.09. The fourth-order valence-corrected chi connectivity index (χ4v) is 1.76. The molecule has 1 unspecified atom stereocenters. The topological polar surface area (TPSA) is 78.4 Å². The molecule has 0 heterocycles. The number of hydrogen-bond acceptors (Lipinski definition) is 3. The van der Waals surface area contributed by atoms with Crippen molar-refractivity contribution >= 4 is 29.2 Å². The maximum atomic E-state index is 13.4. The molecule has 0 bridgehead atoms. The maximum absolute atomic E-state index is 13.4. The standard InChI is InChI=1S/C13H16ClFN2O3/c1-2-3-11(13(19)20)16-7-12(18)17-10-5-4-8(14)6-9(10)15/h4-6,11,16H,2-3,7H2,1H3,(H,17,18)(H,19,20). The molecule has 0 aliphatic rings. The smallest absolute Gasteiger partial charge is 0.320 e. The van der Waals surface area contributed by atoms with Gasteiger partial charge in [0, 0.05) is 5.02 Å². The Morgan fingerprint density at radius 2 is 2.15 bits per heavy atom. The molecule has 0 saturated heterocycles. The van der Waals surface area contributed by atoms with Crippen LogP contribution in [-0.4, -0.2) is 29.6 Å². The summed E-state index contributed by atoms with van der Waals surface area (Å²) in [7, 11) is 0. The van der Waals surface area contributed by atoms with Crippen molar-refractivity contribution in [2.75, 3.05) is 11.9 Å². The number of aliphatic carboxylic acids is 1. The number of anilines is 1. The van der Waals surface area contributed by atoms with Crippen LogP contribution in [0.15, 0.2) is 18.2 Å². The van der Waals surface area contributed by atoms with Crippen LogP contribution >= 0.6 is 11.6 Å². The number of halogens is 2. The zero-order valence-corrected chi connectivity index (χ0v) is 11.7. The van der Waals surface area contributed by atoms with Crippen molar-refractivity contribution in [1.29, 1.82) is 0 Å². The average Bonchev–Trinajstić information content (AvgIpc) is 2.37. The van der Waals surface area contributed by atoms with E-state index in [1.54, 1.807) is 0 Å². The Labute approximate surface area is 121 Å². The van der Waals surface area contributed by atoms with Crippen molar-refractivity contribution in [3.8, 4) is 0 Å². The lowest BCUT2D eigenvalue weighted by Crippen LogP contribution is -2.41. The predicted octanol–water partition coefficient (Wildman–Crippen LogP) is 2.26. The van der Waals surface area contributed by atoms with Crippen LogP contribution in [0.25, 0.3) is 0 Å². The third-order valence-electron chi connectivity index (χ3n) is 2.59. The van der Waals surface area contributed by atoms with Gasteiger partial charge in [-0.25, -0.2) is 4.39 Å². The second-order valence-electron chi connectivity index (χ2n) is 4.23. The molecule has 1 aromatic carbocycles. The van der Waals surface area contributed by atoms with Gasteiger partial charge >= 0.3 is 5.97 Å². The van der Waals surface area contributed by atoms with E-state index in [0.717, 1.165) is 6.07 Å². The third kappa shape index (κ3) is 5.14. The highest BCUT2D eigenvalue weighted by Gasteiger charge is 2.17. The number of benzene rings is 1. The molecule has 1 amide bonds. The van der Waals surface area contributed by atoms with Crippen LogP contribution in [0.4, 0.5) is 10.1 Å². The first kappa shape index (κ1) is 16.4. The van der Waals surface area contributed by atoms with Gasteiger partial charge in [0.25, 0.3) is 0 Å². The van der Waals surface area contributed by atoms with E-state index in [-0.39, 0.29) is 17.3 Å². The number of carboxylic acids is 1. The summed E-state index contributed by atoms with van der Waals surface area (Å²) in [5.74, 6) is -2.18. The molecule has 1 atom stereocenters. The summed E-state index contributed by atoms with van der Waals surface area (Å²) in [5.41, 5.74) is 0.00330.